The van der Waals surface area contributed by atoms with E-state index in [1.807, 2.05) is 26.8 Å². The Labute approximate surface area is 138 Å². The summed E-state index contributed by atoms with van der Waals surface area (Å²) in [6.07, 6.45) is 3.94. The SMILES string of the molecule is CCCOc1ccc(NC(=O)[C@@](C)(OCCC)C2CC2)c(C)n1. The lowest BCUT2D eigenvalue weighted by Crippen LogP contribution is -2.45. The highest BCUT2D eigenvalue weighted by Crippen LogP contribution is 2.42. The van der Waals surface area contributed by atoms with E-state index in [1.165, 1.54) is 0 Å². The van der Waals surface area contributed by atoms with Gasteiger partial charge < -0.3 is 14.8 Å². The van der Waals surface area contributed by atoms with E-state index in [4.69, 9.17) is 9.47 Å². The first-order chi connectivity index (χ1) is 11.0. The van der Waals surface area contributed by atoms with Gasteiger partial charge in [0.1, 0.15) is 5.60 Å². The van der Waals surface area contributed by atoms with Crippen molar-refractivity contribution in [1.82, 2.24) is 4.98 Å². The van der Waals surface area contributed by atoms with Gasteiger partial charge >= 0.3 is 0 Å². The molecule has 5 heteroatoms. The van der Waals surface area contributed by atoms with E-state index in [0.29, 0.717) is 30.7 Å². The van der Waals surface area contributed by atoms with Crippen molar-refractivity contribution in [3.8, 4) is 5.88 Å². The molecular weight excluding hydrogens is 292 g/mol. The molecule has 0 bridgehead atoms. The number of aryl methyl sites for hydroxylation is 1. The highest BCUT2D eigenvalue weighted by molar-refractivity contribution is 5.98. The predicted molar refractivity (Wildman–Crippen MR) is 90.8 cm³/mol. The van der Waals surface area contributed by atoms with Gasteiger partial charge in [-0.05, 0) is 51.5 Å². The Morgan fingerprint density at radius 3 is 2.57 bits per heavy atom. The average molecular weight is 320 g/mol. The van der Waals surface area contributed by atoms with Crippen LogP contribution in [0.2, 0.25) is 0 Å². The Hall–Kier alpha value is -1.62. The van der Waals surface area contributed by atoms with Crippen molar-refractivity contribution in [3.05, 3.63) is 17.8 Å². The van der Waals surface area contributed by atoms with E-state index in [2.05, 4.69) is 17.2 Å². The Bertz CT molecular complexity index is 543. The molecule has 1 aliphatic rings. The third-order valence-electron chi connectivity index (χ3n) is 4.18. The maximum Gasteiger partial charge on any atom is 0.256 e. The van der Waals surface area contributed by atoms with Gasteiger partial charge in [0.05, 0.1) is 18.0 Å². The molecule has 0 aromatic carbocycles. The third-order valence-corrected chi connectivity index (χ3v) is 4.18. The second kappa shape index (κ2) is 7.77. The van der Waals surface area contributed by atoms with E-state index in [9.17, 15) is 4.79 Å². The summed E-state index contributed by atoms with van der Waals surface area (Å²) >= 11 is 0. The topological polar surface area (TPSA) is 60.5 Å². The molecular formula is C18H28N2O3. The van der Waals surface area contributed by atoms with Gasteiger partial charge in [0.15, 0.2) is 0 Å². The zero-order chi connectivity index (χ0) is 16.9. The fourth-order valence-electron chi connectivity index (χ4n) is 2.52. The fourth-order valence-corrected chi connectivity index (χ4v) is 2.52. The lowest BCUT2D eigenvalue weighted by atomic mass is 9.98. The van der Waals surface area contributed by atoms with Crippen LogP contribution in [-0.4, -0.2) is 29.7 Å². The van der Waals surface area contributed by atoms with Crippen molar-refractivity contribution in [2.45, 2.75) is 59.0 Å². The van der Waals surface area contributed by atoms with Crippen molar-refractivity contribution < 1.29 is 14.3 Å². The van der Waals surface area contributed by atoms with E-state index in [0.717, 1.165) is 31.4 Å². The maximum absolute atomic E-state index is 12.7. The number of aromatic nitrogens is 1. The summed E-state index contributed by atoms with van der Waals surface area (Å²) in [5, 5.41) is 2.98. The van der Waals surface area contributed by atoms with Gasteiger partial charge in [-0.15, -0.1) is 0 Å². The molecule has 2 rings (SSSR count). The normalized spacial score (nSPS) is 16.7. The van der Waals surface area contributed by atoms with Gasteiger partial charge in [0, 0.05) is 12.7 Å². The lowest BCUT2D eigenvalue weighted by Gasteiger charge is -2.29. The second-order valence-corrected chi connectivity index (χ2v) is 6.31. The molecule has 0 spiro atoms. The number of nitrogens with one attached hydrogen (secondary N) is 1. The summed E-state index contributed by atoms with van der Waals surface area (Å²) < 4.78 is 11.4. The molecule has 1 heterocycles. The smallest absolute Gasteiger partial charge is 0.256 e. The second-order valence-electron chi connectivity index (χ2n) is 6.31. The van der Waals surface area contributed by atoms with Crippen LogP contribution in [0.3, 0.4) is 0 Å². The lowest BCUT2D eigenvalue weighted by molar-refractivity contribution is -0.142. The number of carbonyl (C=O) groups is 1. The number of rotatable bonds is 9. The van der Waals surface area contributed by atoms with Crippen molar-refractivity contribution in [1.29, 1.82) is 0 Å². The highest BCUT2D eigenvalue weighted by Gasteiger charge is 2.48. The summed E-state index contributed by atoms with van der Waals surface area (Å²) in [5.74, 6) is 0.824. The van der Waals surface area contributed by atoms with E-state index < -0.39 is 5.60 Å². The first-order valence-electron chi connectivity index (χ1n) is 8.57. The summed E-state index contributed by atoms with van der Waals surface area (Å²) in [6, 6.07) is 3.64. The molecule has 1 aromatic heterocycles. The molecule has 0 saturated heterocycles. The number of ether oxygens (including phenoxy) is 2. The predicted octanol–water partition coefficient (Wildman–Crippen LogP) is 3.71. The van der Waals surface area contributed by atoms with Crippen LogP contribution in [0, 0.1) is 12.8 Å². The average Bonchev–Trinajstić information content (AvgIpc) is 3.38. The van der Waals surface area contributed by atoms with E-state index >= 15 is 0 Å². The summed E-state index contributed by atoms with van der Waals surface area (Å²) in [6.45, 7) is 9.11. The largest absolute Gasteiger partial charge is 0.478 e. The van der Waals surface area contributed by atoms with Gasteiger partial charge in [-0.2, -0.15) is 0 Å². The Morgan fingerprint density at radius 2 is 2.00 bits per heavy atom. The summed E-state index contributed by atoms with van der Waals surface area (Å²) in [5.41, 5.74) is 0.714. The van der Waals surface area contributed by atoms with Crippen LogP contribution < -0.4 is 10.1 Å². The van der Waals surface area contributed by atoms with Gasteiger partial charge in [0.25, 0.3) is 5.91 Å². The van der Waals surface area contributed by atoms with Crippen molar-refractivity contribution in [2.24, 2.45) is 5.92 Å². The minimum Gasteiger partial charge on any atom is -0.478 e. The van der Waals surface area contributed by atoms with Crippen LogP contribution in [0.15, 0.2) is 12.1 Å². The Balaban J connectivity index is 2.06. The molecule has 1 aliphatic carbocycles. The standard InChI is InChI=1S/C18H28N2O3/c1-5-11-22-16-10-9-15(13(3)19-16)20-17(21)18(4,14-7-8-14)23-12-6-2/h9-10,14H,5-8,11-12H2,1-4H3,(H,20,21)/t18-/m0/s1. The van der Waals surface area contributed by atoms with Crippen LogP contribution in [0.25, 0.3) is 0 Å². The summed E-state index contributed by atoms with van der Waals surface area (Å²) in [7, 11) is 0. The zero-order valence-electron chi connectivity index (χ0n) is 14.6. The summed E-state index contributed by atoms with van der Waals surface area (Å²) in [4.78, 5) is 17.1. The number of hydrogen-bond acceptors (Lipinski definition) is 4. The highest BCUT2D eigenvalue weighted by atomic mass is 16.5. The number of carbonyl (C=O) groups excluding carboxylic acids is 1. The fraction of sp³-hybridized carbons (Fsp3) is 0.667. The van der Waals surface area contributed by atoms with Crippen molar-refractivity contribution in [2.75, 3.05) is 18.5 Å². The molecule has 128 valence electrons. The third kappa shape index (κ3) is 4.44. The van der Waals surface area contributed by atoms with Crippen LogP contribution in [0.5, 0.6) is 5.88 Å². The number of pyridine rings is 1. The van der Waals surface area contributed by atoms with Gasteiger partial charge in [0.2, 0.25) is 5.88 Å². The zero-order valence-corrected chi connectivity index (χ0v) is 14.6. The van der Waals surface area contributed by atoms with Crippen LogP contribution in [0.1, 0.15) is 52.1 Å². The molecule has 0 radical (unpaired) electrons. The molecule has 1 amide bonds. The van der Waals surface area contributed by atoms with Gasteiger partial charge in [-0.1, -0.05) is 13.8 Å². The minimum absolute atomic E-state index is 0.0828. The van der Waals surface area contributed by atoms with E-state index in [-0.39, 0.29) is 5.91 Å². The minimum atomic E-state index is -0.750. The maximum atomic E-state index is 12.7. The van der Waals surface area contributed by atoms with Crippen molar-refractivity contribution in [3.63, 3.8) is 0 Å². The molecule has 1 atom stereocenters. The number of anilines is 1. The first-order valence-corrected chi connectivity index (χ1v) is 8.57. The molecule has 0 aliphatic heterocycles. The Morgan fingerprint density at radius 1 is 1.30 bits per heavy atom. The van der Waals surface area contributed by atoms with Crippen LogP contribution >= 0.6 is 0 Å². The monoisotopic (exact) mass is 320 g/mol. The van der Waals surface area contributed by atoms with E-state index in [1.54, 1.807) is 6.07 Å². The molecule has 1 aromatic rings. The molecule has 5 nitrogen and oxygen atoms in total. The number of hydrogen-bond donors (Lipinski definition) is 1. The van der Waals surface area contributed by atoms with Crippen LogP contribution in [-0.2, 0) is 9.53 Å². The van der Waals surface area contributed by atoms with Crippen LogP contribution in [0.4, 0.5) is 5.69 Å². The molecule has 0 unspecified atom stereocenters. The van der Waals surface area contributed by atoms with Gasteiger partial charge in [-0.3, -0.25) is 4.79 Å². The molecule has 1 N–H and O–H groups in total. The Kier molecular flexibility index (Phi) is 5.99. The first kappa shape index (κ1) is 17.7. The number of amides is 1. The molecule has 1 saturated carbocycles. The molecule has 23 heavy (non-hydrogen) atoms. The number of nitrogens with zero attached hydrogens (tertiary/aromatic N) is 1. The molecule has 1 fully saturated rings. The van der Waals surface area contributed by atoms with Crippen molar-refractivity contribution >= 4 is 11.6 Å². The quantitative estimate of drug-likeness (QED) is 0.753. The van der Waals surface area contributed by atoms with Gasteiger partial charge in [-0.25, -0.2) is 4.98 Å².